The Morgan fingerprint density at radius 1 is 1.00 bits per heavy atom. The summed E-state index contributed by atoms with van der Waals surface area (Å²) in [6, 6.07) is 15.0. The molecule has 0 unspecified atom stereocenters. The van der Waals surface area contributed by atoms with Crippen LogP contribution < -0.4 is 10.6 Å². The predicted molar refractivity (Wildman–Crippen MR) is 91.4 cm³/mol. The molecule has 23 heavy (non-hydrogen) atoms. The molecule has 0 spiro atoms. The van der Waals surface area contributed by atoms with E-state index < -0.39 is 0 Å². The molecule has 2 amide bonds. The quantitative estimate of drug-likeness (QED) is 0.692. The highest BCUT2D eigenvalue weighted by Crippen LogP contribution is 2.17. The molecule has 0 saturated heterocycles. The van der Waals surface area contributed by atoms with E-state index in [0.29, 0.717) is 17.8 Å². The smallest absolute Gasteiger partial charge is 0.228 e. The fourth-order valence-corrected chi connectivity index (χ4v) is 2.47. The van der Waals surface area contributed by atoms with Gasteiger partial charge in [-0.25, -0.2) is 0 Å². The number of hydrogen-bond acceptors (Lipinski definition) is 2. The second kappa shape index (κ2) is 6.36. The number of aromatic amines is 1. The normalized spacial score (nSPS) is 10.5. The molecular weight excluding hydrogens is 290 g/mol. The molecule has 1 aromatic heterocycles. The molecule has 116 valence electrons. The topological polar surface area (TPSA) is 74.0 Å². The van der Waals surface area contributed by atoms with Gasteiger partial charge in [0, 0.05) is 30.0 Å². The van der Waals surface area contributed by atoms with Gasteiger partial charge in [-0.1, -0.05) is 18.2 Å². The zero-order valence-electron chi connectivity index (χ0n) is 12.7. The summed E-state index contributed by atoms with van der Waals surface area (Å²) in [7, 11) is 0. The second-order valence-electron chi connectivity index (χ2n) is 5.39. The third kappa shape index (κ3) is 3.77. The van der Waals surface area contributed by atoms with E-state index in [-0.39, 0.29) is 11.8 Å². The summed E-state index contributed by atoms with van der Waals surface area (Å²) in [6.45, 7) is 1.45. The van der Waals surface area contributed by atoms with Gasteiger partial charge in [-0.2, -0.15) is 0 Å². The van der Waals surface area contributed by atoms with E-state index in [1.54, 1.807) is 24.3 Å². The summed E-state index contributed by atoms with van der Waals surface area (Å²) in [5, 5.41) is 6.66. The minimum Gasteiger partial charge on any atom is -0.361 e. The van der Waals surface area contributed by atoms with E-state index >= 15 is 0 Å². The molecular formula is C18H17N3O2. The summed E-state index contributed by atoms with van der Waals surface area (Å²) < 4.78 is 0. The minimum absolute atomic E-state index is 0.101. The molecule has 0 atom stereocenters. The van der Waals surface area contributed by atoms with E-state index in [4.69, 9.17) is 0 Å². The number of H-pyrrole nitrogens is 1. The molecule has 1 heterocycles. The van der Waals surface area contributed by atoms with E-state index in [1.807, 2.05) is 30.5 Å². The van der Waals surface area contributed by atoms with Crippen molar-refractivity contribution < 1.29 is 9.59 Å². The average molecular weight is 307 g/mol. The van der Waals surface area contributed by atoms with Gasteiger partial charge in [0.25, 0.3) is 0 Å². The molecule has 0 radical (unpaired) electrons. The first-order valence-corrected chi connectivity index (χ1v) is 7.34. The molecule has 3 rings (SSSR count). The highest BCUT2D eigenvalue weighted by Gasteiger charge is 2.06. The largest absolute Gasteiger partial charge is 0.361 e. The summed E-state index contributed by atoms with van der Waals surface area (Å²) >= 11 is 0. The molecule has 0 fully saturated rings. The average Bonchev–Trinajstić information content (AvgIpc) is 2.94. The van der Waals surface area contributed by atoms with Crippen LogP contribution in [0.2, 0.25) is 0 Å². The number of rotatable bonds is 4. The number of amides is 2. The van der Waals surface area contributed by atoms with Crippen molar-refractivity contribution in [3.63, 3.8) is 0 Å². The van der Waals surface area contributed by atoms with E-state index in [9.17, 15) is 9.59 Å². The lowest BCUT2D eigenvalue weighted by Crippen LogP contribution is -2.14. The molecule has 0 saturated carbocycles. The van der Waals surface area contributed by atoms with Crippen LogP contribution in [0.25, 0.3) is 10.9 Å². The van der Waals surface area contributed by atoms with Crippen molar-refractivity contribution in [1.29, 1.82) is 0 Å². The van der Waals surface area contributed by atoms with E-state index in [0.717, 1.165) is 16.5 Å². The third-order valence-corrected chi connectivity index (χ3v) is 3.45. The number of anilines is 2. The fraction of sp³-hybridized carbons (Fsp3) is 0.111. The SMILES string of the molecule is CC(=O)Nc1cccc(NC(=O)Cc2ccc3cc[nH]c3c2)c1. The lowest BCUT2D eigenvalue weighted by molar-refractivity contribution is -0.115. The first-order valence-electron chi connectivity index (χ1n) is 7.34. The van der Waals surface area contributed by atoms with Crippen LogP contribution in [0.1, 0.15) is 12.5 Å². The Morgan fingerprint density at radius 2 is 1.78 bits per heavy atom. The van der Waals surface area contributed by atoms with Gasteiger partial charge in [0.1, 0.15) is 0 Å². The Balaban J connectivity index is 1.67. The van der Waals surface area contributed by atoms with Gasteiger partial charge < -0.3 is 15.6 Å². The van der Waals surface area contributed by atoms with Gasteiger partial charge in [0.2, 0.25) is 11.8 Å². The van der Waals surface area contributed by atoms with Crippen molar-refractivity contribution in [2.24, 2.45) is 0 Å². The monoisotopic (exact) mass is 307 g/mol. The number of benzene rings is 2. The van der Waals surface area contributed by atoms with Crippen LogP contribution in [0, 0.1) is 0 Å². The Bertz CT molecular complexity index is 867. The van der Waals surface area contributed by atoms with E-state index in [1.165, 1.54) is 6.92 Å². The van der Waals surface area contributed by atoms with Crippen molar-refractivity contribution in [2.45, 2.75) is 13.3 Å². The minimum atomic E-state index is -0.146. The van der Waals surface area contributed by atoms with Crippen LogP contribution in [0.15, 0.2) is 54.7 Å². The molecule has 0 aliphatic rings. The molecule has 0 bridgehead atoms. The van der Waals surface area contributed by atoms with Crippen LogP contribution in [-0.4, -0.2) is 16.8 Å². The highest BCUT2D eigenvalue weighted by molar-refractivity contribution is 5.94. The lowest BCUT2D eigenvalue weighted by atomic mass is 10.1. The van der Waals surface area contributed by atoms with Crippen LogP contribution >= 0.6 is 0 Å². The number of nitrogens with one attached hydrogen (secondary N) is 3. The molecule has 0 aliphatic carbocycles. The van der Waals surface area contributed by atoms with Gasteiger partial charge >= 0.3 is 0 Å². The van der Waals surface area contributed by atoms with Crippen molar-refractivity contribution in [3.8, 4) is 0 Å². The molecule has 0 aliphatic heterocycles. The molecule has 3 aromatic rings. The van der Waals surface area contributed by atoms with Crippen LogP contribution in [0.5, 0.6) is 0 Å². The summed E-state index contributed by atoms with van der Waals surface area (Å²) in [4.78, 5) is 26.4. The van der Waals surface area contributed by atoms with E-state index in [2.05, 4.69) is 15.6 Å². The maximum absolute atomic E-state index is 12.2. The standard InChI is InChI=1S/C18H17N3O2/c1-12(22)20-15-3-2-4-16(11-15)21-18(23)10-13-5-6-14-7-8-19-17(14)9-13/h2-9,11,19H,10H2,1H3,(H,20,22)(H,21,23). The van der Waals surface area contributed by atoms with Crippen molar-refractivity contribution in [3.05, 3.63) is 60.3 Å². The van der Waals surface area contributed by atoms with Crippen molar-refractivity contribution >= 4 is 34.1 Å². The van der Waals surface area contributed by atoms with Crippen LogP contribution in [0.3, 0.4) is 0 Å². The summed E-state index contributed by atoms with van der Waals surface area (Å²) in [5.41, 5.74) is 3.27. The molecule has 5 nitrogen and oxygen atoms in total. The number of carbonyl (C=O) groups excluding carboxylic acids is 2. The maximum atomic E-state index is 12.2. The Morgan fingerprint density at radius 3 is 2.57 bits per heavy atom. The molecule has 3 N–H and O–H groups in total. The van der Waals surface area contributed by atoms with Crippen molar-refractivity contribution in [2.75, 3.05) is 10.6 Å². The zero-order chi connectivity index (χ0) is 16.2. The van der Waals surface area contributed by atoms with Gasteiger partial charge in [0.05, 0.1) is 6.42 Å². The van der Waals surface area contributed by atoms with Gasteiger partial charge in [0.15, 0.2) is 0 Å². The summed E-state index contributed by atoms with van der Waals surface area (Å²) in [5.74, 6) is -0.247. The Kier molecular flexibility index (Phi) is 4.10. The van der Waals surface area contributed by atoms with Crippen molar-refractivity contribution in [1.82, 2.24) is 4.98 Å². The van der Waals surface area contributed by atoms with Crippen LogP contribution in [0.4, 0.5) is 11.4 Å². The second-order valence-corrected chi connectivity index (χ2v) is 5.39. The van der Waals surface area contributed by atoms with Gasteiger partial charge in [-0.3, -0.25) is 9.59 Å². The highest BCUT2D eigenvalue weighted by atomic mass is 16.2. The first kappa shape index (κ1) is 14.8. The maximum Gasteiger partial charge on any atom is 0.228 e. The van der Waals surface area contributed by atoms with Crippen LogP contribution in [-0.2, 0) is 16.0 Å². The third-order valence-electron chi connectivity index (χ3n) is 3.45. The zero-order valence-corrected chi connectivity index (χ0v) is 12.7. The number of aromatic nitrogens is 1. The lowest BCUT2D eigenvalue weighted by Gasteiger charge is -2.08. The molecule has 2 aromatic carbocycles. The predicted octanol–water partition coefficient (Wildman–Crippen LogP) is 3.31. The Labute approximate surface area is 133 Å². The molecule has 5 heteroatoms. The number of hydrogen-bond donors (Lipinski definition) is 3. The number of fused-ring (bicyclic) bond motifs is 1. The van der Waals surface area contributed by atoms with Gasteiger partial charge in [-0.05, 0) is 41.3 Å². The van der Waals surface area contributed by atoms with Gasteiger partial charge in [-0.15, -0.1) is 0 Å². The summed E-state index contributed by atoms with van der Waals surface area (Å²) in [6.07, 6.45) is 2.17. The number of carbonyl (C=O) groups is 2. The fourth-order valence-electron chi connectivity index (χ4n) is 2.47. The Hall–Kier alpha value is -3.08. The first-order chi connectivity index (χ1) is 11.1.